The van der Waals surface area contributed by atoms with Gasteiger partial charge in [0.25, 0.3) is 0 Å². The maximum absolute atomic E-state index is 12.1. The van der Waals surface area contributed by atoms with Crippen LogP contribution in [-0.4, -0.2) is 33.4 Å². The van der Waals surface area contributed by atoms with Gasteiger partial charge in [0.1, 0.15) is 0 Å². The van der Waals surface area contributed by atoms with E-state index in [1.54, 1.807) is 6.92 Å². The first kappa shape index (κ1) is 17.1. The number of hydrogen-bond acceptors (Lipinski definition) is 5. The Morgan fingerprint density at radius 2 is 1.86 bits per heavy atom. The third-order valence-electron chi connectivity index (χ3n) is 2.67. The Labute approximate surface area is 123 Å². The van der Waals surface area contributed by atoms with Crippen molar-refractivity contribution in [2.24, 2.45) is 5.73 Å². The molecule has 0 bridgehead atoms. The number of nitrogens with two attached hydrogens (primary N) is 1. The first-order valence-corrected chi connectivity index (χ1v) is 7.69. The van der Waals surface area contributed by atoms with E-state index >= 15 is 0 Å². The fourth-order valence-corrected chi connectivity index (χ4v) is 2.95. The van der Waals surface area contributed by atoms with Gasteiger partial charge in [0.15, 0.2) is 0 Å². The van der Waals surface area contributed by atoms with Gasteiger partial charge in [-0.05, 0) is 24.6 Å². The van der Waals surface area contributed by atoms with Crippen LogP contribution in [0.15, 0.2) is 29.2 Å². The van der Waals surface area contributed by atoms with E-state index in [2.05, 4.69) is 9.46 Å². The van der Waals surface area contributed by atoms with Crippen LogP contribution < -0.4 is 10.5 Å². The highest BCUT2D eigenvalue weighted by Crippen LogP contribution is 2.12. The molecule has 0 aliphatic heterocycles. The zero-order valence-electron chi connectivity index (χ0n) is 11.8. The molecule has 0 spiro atoms. The molecule has 0 aliphatic rings. The zero-order valence-corrected chi connectivity index (χ0v) is 12.6. The topological polar surface area (TPSA) is 116 Å². The predicted octanol–water partition coefficient (Wildman–Crippen LogP) is -0.0557. The van der Waals surface area contributed by atoms with Gasteiger partial charge >= 0.3 is 5.97 Å². The van der Waals surface area contributed by atoms with Gasteiger partial charge in [0, 0.05) is 12.5 Å². The van der Waals surface area contributed by atoms with Gasteiger partial charge in [-0.25, -0.2) is 13.1 Å². The number of hydrogen-bond donors (Lipinski definition) is 2. The minimum atomic E-state index is -3.73. The summed E-state index contributed by atoms with van der Waals surface area (Å²) in [6, 6.07) is 5.24. The van der Waals surface area contributed by atoms with Crippen LogP contribution in [-0.2, 0) is 30.8 Å². The summed E-state index contributed by atoms with van der Waals surface area (Å²) in [4.78, 5) is 21.9. The molecule has 1 unspecified atom stereocenters. The van der Waals surface area contributed by atoms with Crippen molar-refractivity contribution in [1.29, 1.82) is 0 Å². The number of sulfonamides is 1. The number of carbonyl (C=O) groups excluding carboxylic acids is 2. The fourth-order valence-electron chi connectivity index (χ4n) is 1.70. The molecule has 1 amide bonds. The van der Waals surface area contributed by atoms with E-state index in [1.807, 2.05) is 0 Å². The molecule has 0 saturated heterocycles. The van der Waals surface area contributed by atoms with Crippen molar-refractivity contribution in [3.8, 4) is 0 Å². The lowest BCUT2D eigenvalue weighted by atomic mass is 10.2. The van der Waals surface area contributed by atoms with Crippen molar-refractivity contribution in [2.75, 3.05) is 7.11 Å². The summed E-state index contributed by atoms with van der Waals surface area (Å²) >= 11 is 0. The molecule has 1 aromatic rings. The minimum Gasteiger partial charge on any atom is -0.469 e. The van der Waals surface area contributed by atoms with Gasteiger partial charge in [-0.15, -0.1) is 0 Å². The lowest BCUT2D eigenvalue weighted by Crippen LogP contribution is -2.35. The summed E-state index contributed by atoms with van der Waals surface area (Å²) < 4.78 is 31.0. The van der Waals surface area contributed by atoms with Crippen LogP contribution in [0.25, 0.3) is 0 Å². The van der Waals surface area contributed by atoms with Crippen LogP contribution in [0.2, 0.25) is 0 Å². The van der Waals surface area contributed by atoms with E-state index in [0.717, 1.165) is 0 Å². The quantitative estimate of drug-likeness (QED) is 0.684. The van der Waals surface area contributed by atoms with E-state index in [-0.39, 0.29) is 17.7 Å². The average molecular weight is 314 g/mol. The van der Waals surface area contributed by atoms with Crippen molar-refractivity contribution in [3.05, 3.63) is 29.8 Å². The second-order valence-corrected chi connectivity index (χ2v) is 6.30. The Morgan fingerprint density at radius 3 is 2.33 bits per heavy atom. The summed E-state index contributed by atoms with van der Waals surface area (Å²) in [6.07, 6.45) is -0.0119. The first-order valence-electron chi connectivity index (χ1n) is 6.21. The second kappa shape index (κ2) is 7.19. The van der Waals surface area contributed by atoms with Crippen molar-refractivity contribution in [1.82, 2.24) is 4.72 Å². The van der Waals surface area contributed by atoms with Crippen LogP contribution in [0.1, 0.15) is 18.9 Å². The molecular formula is C13H18N2O5S. The van der Waals surface area contributed by atoms with Crippen LogP contribution in [0.4, 0.5) is 0 Å². The van der Waals surface area contributed by atoms with Crippen molar-refractivity contribution >= 4 is 21.9 Å². The number of rotatable bonds is 7. The molecule has 0 aliphatic carbocycles. The Bertz CT molecular complexity index is 610. The number of amides is 1. The molecule has 21 heavy (non-hydrogen) atoms. The van der Waals surface area contributed by atoms with Crippen LogP contribution in [0.5, 0.6) is 0 Å². The standard InChI is InChI=1S/C13H18N2O5S/c1-9(7-12(14)16)15-21(18,19)11-5-3-10(4-6-11)8-13(17)20-2/h3-6,9,15H,7-8H2,1-2H3,(H2,14,16). The third-order valence-corrected chi connectivity index (χ3v) is 4.28. The Kier molecular flexibility index (Phi) is 5.86. The maximum Gasteiger partial charge on any atom is 0.309 e. The molecular weight excluding hydrogens is 296 g/mol. The van der Waals surface area contributed by atoms with Gasteiger partial charge in [0.05, 0.1) is 18.4 Å². The van der Waals surface area contributed by atoms with Gasteiger partial charge in [0.2, 0.25) is 15.9 Å². The molecule has 0 radical (unpaired) electrons. The number of primary amides is 1. The van der Waals surface area contributed by atoms with E-state index < -0.39 is 27.9 Å². The summed E-state index contributed by atoms with van der Waals surface area (Å²) in [7, 11) is -2.45. The third kappa shape index (κ3) is 5.52. The molecule has 1 aromatic carbocycles. The number of ether oxygens (including phenoxy) is 1. The second-order valence-electron chi connectivity index (χ2n) is 4.59. The Balaban J connectivity index is 2.80. The van der Waals surface area contributed by atoms with Crippen molar-refractivity contribution in [3.63, 3.8) is 0 Å². The molecule has 0 aromatic heterocycles. The van der Waals surface area contributed by atoms with E-state index in [9.17, 15) is 18.0 Å². The fraction of sp³-hybridized carbons (Fsp3) is 0.385. The minimum absolute atomic E-state index is 0.0486. The Hall–Kier alpha value is -1.93. The number of nitrogens with one attached hydrogen (secondary N) is 1. The predicted molar refractivity (Wildman–Crippen MR) is 75.8 cm³/mol. The molecule has 116 valence electrons. The number of benzene rings is 1. The highest BCUT2D eigenvalue weighted by Gasteiger charge is 2.18. The summed E-state index contributed by atoms with van der Waals surface area (Å²) in [6.45, 7) is 1.55. The van der Waals surface area contributed by atoms with Crippen molar-refractivity contribution in [2.45, 2.75) is 30.7 Å². The van der Waals surface area contributed by atoms with Gasteiger partial charge in [-0.1, -0.05) is 12.1 Å². The van der Waals surface area contributed by atoms with Gasteiger partial charge < -0.3 is 10.5 Å². The molecule has 0 saturated carbocycles. The SMILES string of the molecule is COC(=O)Cc1ccc(S(=O)(=O)NC(C)CC(N)=O)cc1. The zero-order chi connectivity index (χ0) is 16.0. The van der Waals surface area contributed by atoms with Gasteiger partial charge in [-0.3, -0.25) is 9.59 Å². The highest BCUT2D eigenvalue weighted by atomic mass is 32.2. The largest absolute Gasteiger partial charge is 0.469 e. The van der Waals surface area contributed by atoms with Crippen LogP contribution in [0.3, 0.4) is 0 Å². The van der Waals surface area contributed by atoms with Gasteiger partial charge in [-0.2, -0.15) is 0 Å². The van der Waals surface area contributed by atoms with Crippen molar-refractivity contribution < 1.29 is 22.7 Å². The molecule has 3 N–H and O–H groups in total. The van der Waals surface area contributed by atoms with Crippen LogP contribution in [0, 0.1) is 0 Å². The molecule has 0 heterocycles. The van der Waals surface area contributed by atoms with E-state index in [1.165, 1.54) is 31.4 Å². The highest BCUT2D eigenvalue weighted by molar-refractivity contribution is 7.89. The first-order chi connectivity index (χ1) is 9.74. The Morgan fingerprint density at radius 1 is 1.29 bits per heavy atom. The lowest BCUT2D eigenvalue weighted by molar-refractivity contribution is -0.139. The molecule has 7 nitrogen and oxygen atoms in total. The number of methoxy groups -OCH3 is 1. The van der Waals surface area contributed by atoms with Crippen LogP contribution >= 0.6 is 0 Å². The molecule has 0 fully saturated rings. The number of esters is 1. The summed E-state index contributed by atoms with van der Waals surface area (Å²) in [5, 5.41) is 0. The van der Waals surface area contributed by atoms with E-state index in [4.69, 9.17) is 5.73 Å². The molecule has 1 rings (SSSR count). The molecule has 1 atom stereocenters. The summed E-state index contributed by atoms with van der Waals surface area (Å²) in [5.41, 5.74) is 5.66. The monoisotopic (exact) mass is 314 g/mol. The van der Waals surface area contributed by atoms with E-state index in [0.29, 0.717) is 5.56 Å². The smallest absolute Gasteiger partial charge is 0.309 e. The molecule has 8 heteroatoms. The lowest BCUT2D eigenvalue weighted by Gasteiger charge is -2.12. The number of carbonyl (C=O) groups is 2. The maximum atomic E-state index is 12.1. The summed E-state index contributed by atoms with van der Waals surface area (Å²) in [5.74, 6) is -0.988. The average Bonchev–Trinajstić information content (AvgIpc) is 2.37. The normalized spacial score (nSPS) is 12.7.